The zero-order chi connectivity index (χ0) is 42.5. The molecule has 4 aromatic rings. The molecule has 2 aromatic heterocycles. The van der Waals surface area contributed by atoms with Crippen LogP contribution in [0, 0.1) is 35.5 Å². The number of methoxy groups -OCH3 is 2. The smallest absolute Gasteiger partial charge is 0.407 e. The number of rotatable bonds is 10. The lowest BCUT2D eigenvalue weighted by atomic mass is 10.0. The minimum Gasteiger partial charge on any atom is -0.453 e. The Morgan fingerprint density at radius 3 is 1.64 bits per heavy atom. The second-order valence-corrected chi connectivity index (χ2v) is 16.7. The molecule has 0 saturated carbocycles. The third-order valence-corrected chi connectivity index (χ3v) is 11.3. The molecule has 4 amide bonds. The molecule has 15 heteroatoms. The minimum absolute atomic E-state index is 0.122. The van der Waals surface area contributed by atoms with Gasteiger partial charge in [-0.05, 0) is 66.3 Å². The molecule has 2 aromatic carbocycles. The number of amides is 4. The maximum atomic E-state index is 13.7. The van der Waals surface area contributed by atoms with Gasteiger partial charge in [0.05, 0.1) is 38.2 Å². The number of carbonyl (C=O) groups excluding carboxylic acids is 4. The van der Waals surface area contributed by atoms with Crippen molar-refractivity contribution in [2.24, 2.45) is 23.7 Å². The predicted molar refractivity (Wildman–Crippen MR) is 224 cm³/mol. The average Bonchev–Trinajstić information content (AvgIpc) is 4.03. The van der Waals surface area contributed by atoms with E-state index in [4.69, 9.17) is 26.1 Å². The molecule has 0 unspecified atom stereocenters. The van der Waals surface area contributed by atoms with Crippen LogP contribution in [0.15, 0.2) is 54.7 Å². The van der Waals surface area contributed by atoms with E-state index in [1.165, 1.54) is 14.2 Å². The number of halogens is 1. The quantitative estimate of drug-likeness (QED) is 0.123. The van der Waals surface area contributed by atoms with Crippen molar-refractivity contribution >= 4 is 35.6 Å². The third kappa shape index (κ3) is 9.74. The highest BCUT2D eigenvalue weighted by Crippen LogP contribution is 2.38. The molecule has 0 aliphatic carbocycles. The first-order valence-corrected chi connectivity index (χ1v) is 20.4. The third-order valence-electron chi connectivity index (χ3n) is 11.0. The molecule has 4 N–H and O–H groups in total. The van der Waals surface area contributed by atoms with Gasteiger partial charge in [0.1, 0.15) is 34.6 Å². The number of benzene rings is 2. The molecule has 0 bridgehead atoms. The molecule has 312 valence electrons. The van der Waals surface area contributed by atoms with E-state index in [1.54, 1.807) is 11.1 Å². The lowest BCUT2D eigenvalue weighted by Crippen LogP contribution is -2.51. The Hall–Kier alpha value is -5.81. The number of likely N-dealkylation sites (tertiary alicyclic amines) is 2. The van der Waals surface area contributed by atoms with Crippen molar-refractivity contribution in [3.05, 3.63) is 82.7 Å². The largest absolute Gasteiger partial charge is 0.453 e. The molecule has 0 radical (unpaired) electrons. The van der Waals surface area contributed by atoms with E-state index in [-0.39, 0.29) is 47.6 Å². The number of alkyl carbamates (subject to hydrolysis) is 2. The summed E-state index contributed by atoms with van der Waals surface area (Å²) in [6.07, 6.45) is 1.95. The van der Waals surface area contributed by atoms with E-state index < -0.39 is 24.3 Å². The molecule has 2 fully saturated rings. The van der Waals surface area contributed by atoms with Crippen molar-refractivity contribution in [1.29, 1.82) is 0 Å². The van der Waals surface area contributed by atoms with Gasteiger partial charge in [-0.25, -0.2) is 19.6 Å². The summed E-state index contributed by atoms with van der Waals surface area (Å²) in [5, 5.41) is 5.76. The molecule has 14 nitrogen and oxygen atoms in total. The number of hydrogen-bond donors (Lipinski definition) is 4. The van der Waals surface area contributed by atoms with Gasteiger partial charge in [-0.15, -0.1) is 0 Å². The number of nitrogens with one attached hydrogen (secondary N) is 4. The summed E-state index contributed by atoms with van der Waals surface area (Å²) >= 11 is 6.70. The number of nitrogens with zero attached hydrogens (tertiary/aromatic N) is 4. The maximum absolute atomic E-state index is 13.7. The van der Waals surface area contributed by atoms with Gasteiger partial charge >= 0.3 is 12.2 Å². The number of aromatic nitrogens is 4. The molecule has 2 saturated heterocycles. The molecule has 2 aliphatic rings. The van der Waals surface area contributed by atoms with Gasteiger partial charge in [0, 0.05) is 29.8 Å². The van der Waals surface area contributed by atoms with Gasteiger partial charge < -0.3 is 39.9 Å². The highest BCUT2D eigenvalue weighted by molar-refractivity contribution is 6.31. The fourth-order valence-electron chi connectivity index (χ4n) is 7.81. The summed E-state index contributed by atoms with van der Waals surface area (Å²) in [6, 6.07) is 13.5. The summed E-state index contributed by atoms with van der Waals surface area (Å²) in [5.74, 6) is 7.65. The first kappa shape index (κ1) is 42.8. The van der Waals surface area contributed by atoms with Crippen LogP contribution in [0.25, 0.3) is 22.5 Å². The molecule has 59 heavy (non-hydrogen) atoms. The topological polar surface area (TPSA) is 175 Å². The zero-order valence-electron chi connectivity index (χ0n) is 34.8. The summed E-state index contributed by atoms with van der Waals surface area (Å²) < 4.78 is 9.53. The predicted octanol–water partition coefficient (Wildman–Crippen LogP) is 7.10. The summed E-state index contributed by atoms with van der Waals surface area (Å²) in [6.45, 7) is 12.8. The monoisotopic (exact) mass is 824 g/mol. The number of hydrogen-bond acceptors (Lipinski definition) is 8. The van der Waals surface area contributed by atoms with Crippen LogP contribution in [0.2, 0.25) is 5.15 Å². The summed E-state index contributed by atoms with van der Waals surface area (Å²) in [4.78, 5) is 71.1. The van der Waals surface area contributed by atoms with Gasteiger partial charge in [0.15, 0.2) is 0 Å². The van der Waals surface area contributed by atoms with Crippen LogP contribution in [-0.4, -0.2) is 93.1 Å². The second-order valence-electron chi connectivity index (χ2n) is 16.3. The molecular weight excluding hydrogens is 772 g/mol. The minimum atomic E-state index is -0.739. The lowest BCUT2D eigenvalue weighted by molar-refractivity contribution is -0.136. The highest BCUT2D eigenvalue weighted by Gasteiger charge is 2.42. The van der Waals surface area contributed by atoms with Crippen LogP contribution in [0.4, 0.5) is 9.59 Å². The maximum Gasteiger partial charge on any atom is 0.407 e. The van der Waals surface area contributed by atoms with E-state index in [0.29, 0.717) is 42.0 Å². The van der Waals surface area contributed by atoms with Gasteiger partial charge in [-0.3, -0.25) is 9.59 Å². The fourth-order valence-corrected chi connectivity index (χ4v) is 8.06. The van der Waals surface area contributed by atoms with Gasteiger partial charge in [-0.2, -0.15) is 0 Å². The summed E-state index contributed by atoms with van der Waals surface area (Å²) in [7, 11) is 2.56. The van der Waals surface area contributed by atoms with Gasteiger partial charge in [0.25, 0.3) is 0 Å². The molecular formula is C44H53ClN8O6. The molecule has 6 atom stereocenters. The molecule has 4 heterocycles. The lowest BCUT2D eigenvalue weighted by Gasteiger charge is -2.30. The Morgan fingerprint density at radius 1 is 0.729 bits per heavy atom. The standard InChI is InChI=1S/C44H53ClN8O6/c1-24(2)35(49-43(56)58-7)41(54)52-22-26(5)19-33(52)39-46-21-32(47-39)30-15-11-28(12-16-30)9-10-29-13-17-31(18-14-29)37-38(45)51-40(48-37)34-20-27(6)23-53(34)42(55)36(25(3)4)50-44(57)59-8/h11-18,21,24-27,33-36H,19-20,22-23H2,1-8H3,(H,46,47)(H,48,51)(H,49,56)(H,50,57)/t26-,27-,33-,34-,35-,36+/m0/s1. The van der Waals surface area contributed by atoms with Crippen molar-refractivity contribution in [1.82, 2.24) is 40.4 Å². The Balaban J connectivity index is 1.11. The van der Waals surface area contributed by atoms with E-state index in [0.717, 1.165) is 34.4 Å². The highest BCUT2D eigenvalue weighted by atomic mass is 35.5. The second kappa shape index (κ2) is 18.4. The number of H-pyrrole nitrogens is 2. The Labute approximate surface area is 350 Å². The average molecular weight is 825 g/mol. The number of imidazole rings is 2. The van der Waals surface area contributed by atoms with Crippen LogP contribution < -0.4 is 10.6 Å². The van der Waals surface area contributed by atoms with Crippen molar-refractivity contribution in [2.75, 3.05) is 27.3 Å². The van der Waals surface area contributed by atoms with Gasteiger partial charge in [0.2, 0.25) is 11.8 Å². The number of aromatic amines is 2. The first-order chi connectivity index (χ1) is 28.2. The molecule has 2 aliphatic heterocycles. The zero-order valence-corrected chi connectivity index (χ0v) is 35.5. The van der Waals surface area contributed by atoms with Gasteiger partial charge in [-0.1, -0.05) is 89.2 Å². The van der Waals surface area contributed by atoms with E-state index in [2.05, 4.69) is 51.3 Å². The van der Waals surface area contributed by atoms with E-state index in [9.17, 15) is 19.2 Å². The molecule has 0 spiro atoms. The molecule has 6 rings (SSSR count). The van der Waals surface area contributed by atoms with Crippen LogP contribution in [0.5, 0.6) is 0 Å². The fraction of sp³-hybridized carbons (Fsp3) is 0.455. The van der Waals surface area contributed by atoms with Crippen LogP contribution in [-0.2, 0) is 19.1 Å². The Kier molecular flexibility index (Phi) is 13.4. The van der Waals surface area contributed by atoms with Crippen molar-refractivity contribution < 1.29 is 28.7 Å². The van der Waals surface area contributed by atoms with Crippen molar-refractivity contribution in [3.63, 3.8) is 0 Å². The van der Waals surface area contributed by atoms with Crippen molar-refractivity contribution in [2.45, 2.75) is 78.6 Å². The van der Waals surface area contributed by atoms with E-state index in [1.807, 2.05) is 81.1 Å². The number of ether oxygens (including phenoxy) is 2. The van der Waals surface area contributed by atoms with Crippen molar-refractivity contribution in [3.8, 4) is 34.4 Å². The van der Waals surface area contributed by atoms with Crippen LogP contribution in [0.1, 0.15) is 89.2 Å². The van der Waals surface area contributed by atoms with E-state index >= 15 is 0 Å². The van der Waals surface area contributed by atoms with Crippen LogP contribution >= 0.6 is 11.6 Å². The SMILES string of the molecule is COC(=O)N[C@H](C(=O)N1C[C@@H](C)C[C@H]1c1ncc(-c2ccc(C#Cc3ccc(-c4nc([C@@H]5C[C@H](C)CN5C(=O)[C@H](NC(=O)OC)C(C)C)[nH]c4Cl)cc3)cc2)[nH]1)C(C)C. The number of carbonyl (C=O) groups is 4. The Bertz CT molecular complexity index is 2210. The van der Waals surface area contributed by atoms with Crippen LogP contribution in [0.3, 0.4) is 0 Å². The first-order valence-electron chi connectivity index (χ1n) is 20.0. The normalized spacial score (nSPS) is 19.9. The Morgan fingerprint density at radius 2 is 1.19 bits per heavy atom. The summed E-state index contributed by atoms with van der Waals surface area (Å²) in [5.41, 5.74) is 4.79.